The summed E-state index contributed by atoms with van der Waals surface area (Å²) in [6.45, 7) is 5.73. The molecule has 0 unspecified atom stereocenters. The van der Waals surface area contributed by atoms with Gasteiger partial charge in [0.15, 0.2) is 0 Å². The molecule has 0 aliphatic rings. The number of aryl methyl sites for hydroxylation is 1. The molecule has 1 N–H and O–H groups in total. The van der Waals surface area contributed by atoms with E-state index in [0.717, 1.165) is 24.0 Å². The Morgan fingerprint density at radius 3 is 1.95 bits per heavy atom. The summed E-state index contributed by atoms with van der Waals surface area (Å²) in [7, 11) is 0. The van der Waals surface area contributed by atoms with Crippen LogP contribution in [-0.4, -0.2) is 11.1 Å². The molecule has 0 aliphatic heterocycles. The first kappa shape index (κ1) is 15.8. The summed E-state index contributed by atoms with van der Waals surface area (Å²) >= 11 is 0. The van der Waals surface area contributed by atoms with E-state index < -0.39 is 5.97 Å². The Bertz CT molecular complexity index is 677. The van der Waals surface area contributed by atoms with Gasteiger partial charge in [0.05, 0.1) is 5.57 Å². The second-order valence-electron chi connectivity index (χ2n) is 5.23. The smallest absolute Gasteiger partial charge is 0.335 e. The molecule has 0 atom stereocenters. The molecular formula is C20H20O2. The summed E-state index contributed by atoms with van der Waals surface area (Å²) in [5.74, 6) is -0.990. The Hall–Kier alpha value is -2.61. The number of carbonyl (C=O) groups is 1. The van der Waals surface area contributed by atoms with Gasteiger partial charge in [0.2, 0.25) is 0 Å². The quantitative estimate of drug-likeness (QED) is 0.607. The minimum Gasteiger partial charge on any atom is -0.478 e. The van der Waals surface area contributed by atoms with Gasteiger partial charge in [-0.15, -0.1) is 0 Å². The molecule has 22 heavy (non-hydrogen) atoms. The van der Waals surface area contributed by atoms with Crippen molar-refractivity contribution in [3.8, 4) is 0 Å². The first-order valence-electron chi connectivity index (χ1n) is 7.40. The number of aliphatic carboxylic acids is 1. The molecule has 2 nitrogen and oxygen atoms in total. The second-order valence-corrected chi connectivity index (χ2v) is 5.23. The van der Waals surface area contributed by atoms with Gasteiger partial charge in [-0.25, -0.2) is 4.79 Å². The van der Waals surface area contributed by atoms with Crippen molar-refractivity contribution in [3.05, 3.63) is 77.4 Å². The van der Waals surface area contributed by atoms with E-state index in [1.54, 1.807) is 12.1 Å². The molecule has 0 aromatic heterocycles. The number of benzene rings is 2. The lowest BCUT2D eigenvalue weighted by Gasteiger charge is -2.01. The van der Waals surface area contributed by atoms with E-state index in [4.69, 9.17) is 5.11 Å². The summed E-state index contributed by atoms with van der Waals surface area (Å²) in [5.41, 5.74) is 4.28. The Morgan fingerprint density at radius 1 is 1.00 bits per heavy atom. The predicted octanol–water partition coefficient (Wildman–Crippen LogP) is 4.91. The van der Waals surface area contributed by atoms with Crippen LogP contribution in [-0.2, 0) is 11.2 Å². The van der Waals surface area contributed by atoms with E-state index in [0.29, 0.717) is 5.56 Å². The molecule has 0 amide bonds. The van der Waals surface area contributed by atoms with E-state index in [9.17, 15) is 4.79 Å². The highest BCUT2D eigenvalue weighted by Crippen LogP contribution is 2.16. The van der Waals surface area contributed by atoms with Crippen molar-refractivity contribution in [2.24, 2.45) is 0 Å². The minimum absolute atomic E-state index is 0.113. The van der Waals surface area contributed by atoms with Crippen molar-refractivity contribution in [2.45, 2.75) is 19.8 Å². The average Bonchev–Trinajstić information content (AvgIpc) is 2.54. The van der Waals surface area contributed by atoms with Crippen molar-refractivity contribution in [1.82, 2.24) is 0 Å². The Labute approximate surface area is 131 Å². The van der Waals surface area contributed by atoms with Crippen LogP contribution in [0.5, 0.6) is 0 Å². The number of hydrogen-bond donors (Lipinski definition) is 1. The maximum absolute atomic E-state index is 10.9. The molecule has 2 aromatic carbocycles. The standard InChI is InChI=1S/C20H20O2/c1-3-4-16-5-7-17(8-6-16)9-10-18-11-13-19(14-12-18)15(2)20(21)22/h5-14H,2-4H2,1H3,(H,21,22). The van der Waals surface area contributed by atoms with Crippen molar-refractivity contribution in [2.75, 3.05) is 0 Å². The minimum atomic E-state index is -0.990. The zero-order valence-corrected chi connectivity index (χ0v) is 12.8. The van der Waals surface area contributed by atoms with Crippen LogP contribution < -0.4 is 0 Å². The van der Waals surface area contributed by atoms with Crippen molar-refractivity contribution < 1.29 is 9.90 Å². The van der Waals surface area contributed by atoms with Crippen LogP contribution in [0.15, 0.2) is 55.1 Å². The molecule has 0 bridgehead atoms. The highest BCUT2D eigenvalue weighted by Gasteiger charge is 2.05. The fourth-order valence-electron chi connectivity index (χ4n) is 2.20. The van der Waals surface area contributed by atoms with Crippen molar-refractivity contribution in [1.29, 1.82) is 0 Å². The number of hydrogen-bond acceptors (Lipinski definition) is 1. The second kappa shape index (κ2) is 7.41. The lowest BCUT2D eigenvalue weighted by Crippen LogP contribution is -1.97. The van der Waals surface area contributed by atoms with Gasteiger partial charge in [0.1, 0.15) is 0 Å². The largest absolute Gasteiger partial charge is 0.478 e. The van der Waals surface area contributed by atoms with Gasteiger partial charge in [-0.2, -0.15) is 0 Å². The molecule has 0 fully saturated rings. The Morgan fingerprint density at radius 2 is 1.50 bits per heavy atom. The van der Waals surface area contributed by atoms with Crippen LogP contribution in [0.4, 0.5) is 0 Å². The molecular weight excluding hydrogens is 272 g/mol. The van der Waals surface area contributed by atoms with Crippen LogP contribution in [0.3, 0.4) is 0 Å². The third-order valence-corrected chi connectivity index (χ3v) is 3.50. The highest BCUT2D eigenvalue weighted by atomic mass is 16.4. The maximum atomic E-state index is 10.9. The topological polar surface area (TPSA) is 37.3 Å². The Kier molecular flexibility index (Phi) is 5.31. The van der Waals surface area contributed by atoms with Gasteiger partial charge in [-0.3, -0.25) is 0 Å². The first-order chi connectivity index (χ1) is 10.6. The van der Waals surface area contributed by atoms with Crippen LogP contribution in [0.2, 0.25) is 0 Å². The van der Waals surface area contributed by atoms with Crippen LogP contribution in [0.25, 0.3) is 17.7 Å². The summed E-state index contributed by atoms with van der Waals surface area (Å²) in [6, 6.07) is 15.9. The van der Waals surface area contributed by atoms with Gasteiger partial charge < -0.3 is 5.11 Å². The number of rotatable bonds is 6. The van der Waals surface area contributed by atoms with Gasteiger partial charge in [-0.05, 0) is 28.7 Å². The van der Waals surface area contributed by atoms with Crippen molar-refractivity contribution in [3.63, 3.8) is 0 Å². The molecule has 0 aliphatic carbocycles. The van der Waals surface area contributed by atoms with Crippen LogP contribution in [0, 0.1) is 0 Å². The molecule has 0 radical (unpaired) electrons. The third-order valence-electron chi connectivity index (χ3n) is 3.50. The third kappa shape index (κ3) is 4.19. The molecule has 2 rings (SSSR count). The summed E-state index contributed by atoms with van der Waals surface area (Å²) < 4.78 is 0. The van der Waals surface area contributed by atoms with Gasteiger partial charge in [-0.1, -0.05) is 80.6 Å². The summed E-state index contributed by atoms with van der Waals surface area (Å²) in [4.78, 5) is 10.9. The van der Waals surface area contributed by atoms with E-state index in [-0.39, 0.29) is 5.57 Å². The highest BCUT2D eigenvalue weighted by molar-refractivity contribution is 6.14. The van der Waals surface area contributed by atoms with E-state index in [2.05, 4.69) is 43.8 Å². The summed E-state index contributed by atoms with van der Waals surface area (Å²) in [6.07, 6.45) is 6.33. The first-order valence-corrected chi connectivity index (χ1v) is 7.40. The Balaban J connectivity index is 2.06. The fourth-order valence-corrected chi connectivity index (χ4v) is 2.20. The molecule has 112 valence electrons. The normalized spacial score (nSPS) is 10.8. The van der Waals surface area contributed by atoms with E-state index in [1.165, 1.54) is 5.56 Å². The van der Waals surface area contributed by atoms with Crippen LogP contribution in [0.1, 0.15) is 35.6 Å². The van der Waals surface area contributed by atoms with Gasteiger partial charge in [0.25, 0.3) is 0 Å². The lowest BCUT2D eigenvalue weighted by atomic mass is 10.0. The average molecular weight is 292 g/mol. The maximum Gasteiger partial charge on any atom is 0.335 e. The molecule has 2 heteroatoms. The number of carboxylic acids is 1. The van der Waals surface area contributed by atoms with Gasteiger partial charge >= 0.3 is 5.97 Å². The van der Waals surface area contributed by atoms with Crippen LogP contribution >= 0.6 is 0 Å². The molecule has 0 saturated carbocycles. The SMILES string of the molecule is C=C(C(=O)O)c1ccc(C=Cc2ccc(CCC)cc2)cc1. The van der Waals surface area contributed by atoms with Crippen molar-refractivity contribution >= 4 is 23.7 Å². The number of carboxylic acid groups (broad SMARTS) is 1. The fraction of sp³-hybridized carbons (Fsp3) is 0.150. The molecule has 2 aromatic rings. The molecule has 0 saturated heterocycles. The van der Waals surface area contributed by atoms with E-state index >= 15 is 0 Å². The zero-order chi connectivity index (χ0) is 15.9. The monoisotopic (exact) mass is 292 g/mol. The predicted molar refractivity (Wildman–Crippen MR) is 92.5 cm³/mol. The van der Waals surface area contributed by atoms with E-state index in [1.807, 2.05) is 18.2 Å². The zero-order valence-electron chi connectivity index (χ0n) is 12.8. The van der Waals surface area contributed by atoms with Gasteiger partial charge in [0, 0.05) is 0 Å². The molecule has 0 heterocycles. The molecule has 0 spiro atoms. The summed E-state index contributed by atoms with van der Waals surface area (Å²) in [5, 5.41) is 8.90. The lowest BCUT2D eigenvalue weighted by molar-refractivity contribution is -0.130.